The first-order chi connectivity index (χ1) is 7.77. The highest BCUT2D eigenvalue weighted by atomic mass is 19.4. The van der Waals surface area contributed by atoms with E-state index in [1.807, 2.05) is 0 Å². The number of carbonyl (C=O) groups is 1. The summed E-state index contributed by atoms with van der Waals surface area (Å²) in [4.78, 5) is 10.7. The summed E-state index contributed by atoms with van der Waals surface area (Å²) in [6, 6.07) is 0. The molecule has 1 aliphatic rings. The van der Waals surface area contributed by atoms with Crippen molar-refractivity contribution >= 4 is 5.97 Å². The van der Waals surface area contributed by atoms with E-state index in [-0.39, 0.29) is 12.6 Å². The summed E-state index contributed by atoms with van der Waals surface area (Å²) in [6.45, 7) is 1.03. The molecular weight excluding hydrogens is 239 g/mol. The zero-order valence-corrected chi connectivity index (χ0v) is 9.51. The highest BCUT2D eigenvalue weighted by molar-refractivity contribution is 5.79. The van der Waals surface area contributed by atoms with Crippen LogP contribution in [-0.4, -0.2) is 42.0 Å². The van der Waals surface area contributed by atoms with Gasteiger partial charge >= 0.3 is 12.1 Å². The maximum absolute atomic E-state index is 12.6. The molecule has 1 aliphatic heterocycles. The van der Waals surface area contributed by atoms with E-state index in [0.29, 0.717) is 20.0 Å². The molecule has 1 saturated heterocycles. The van der Waals surface area contributed by atoms with Gasteiger partial charge in [-0.15, -0.1) is 0 Å². The lowest BCUT2D eigenvalue weighted by Gasteiger charge is -2.31. The van der Waals surface area contributed by atoms with Crippen molar-refractivity contribution in [1.29, 1.82) is 0 Å². The van der Waals surface area contributed by atoms with Crippen LogP contribution in [0.5, 0.6) is 0 Å². The molecule has 0 radical (unpaired) electrons. The third-order valence-corrected chi connectivity index (χ3v) is 2.95. The van der Waals surface area contributed by atoms with Gasteiger partial charge in [-0.05, 0) is 26.2 Å². The van der Waals surface area contributed by atoms with E-state index in [1.54, 1.807) is 0 Å². The number of nitrogens with one attached hydrogen (secondary N) is 1. The SMILES string of the molecule is CC(NCC1CCCCO1)(C(=O)O)C(F)(F)F. The van der Waals surface area contributed by atoms with E-state index < -0.39 is 17.7 Å². The van der Waals surface area contributed by atoms with E-state index in [0.717, 1.165) is 12.8 Å². The van der Waals surface area contributed by atoms with Crippen LogP contribution in [0.3, 0.4) is 0 Å². The molecule has 0 aliphatic carbocycles. The van der Waals surface area contributed by atoms with Crippen LogP contribution in [0.1, 0.15) is 26.2 Å². The van der Waals surface area contributed by atoms with Crippen molar-refractivity contribution in [2.75, 3.05) is 13.2 Å². The van der Waals surface area contributed by atoms with E-state index in [4.69, 9.17) is 9.84 Å². The van der Waals surface area contributed by atoms with Gasteiger partial charge in [0.25, 0.3) is 0 Å². The maximum atomic E-state index is 12.6. The van der Waals surface area contributed by atoms with Crippen molar-refractivity contribution in [3.63, 3.8) is 0 Å². The summed E-state index contributed by atoms with van der Waals surface area (Å²) in [6.07, 6.45) is -2.74. The molecule has 0 spiro atoms. The van der Waals surface area contributed by atoms with Crippen LogP contribution >= 0.6 is 0 Å². The molecule has 1 fully saturated rings. The van der Waals surface area contributed by atoms with Crippen molar-refractivity contribution in [2.45, 2.75) is 44.0 Å². The van der Waals surface area contributed by atoms with Crippen LogP contribution in [-0.2, 0) is 9.53 Å². The van der Waals surface area contributed by atoms with Gasteiger partial charge in [0, 0.05) is 13.2 Å². The van der Waals surface area contributed by atoms with Crippen LogP contribution in [0.15, 0.2) is 0 Å². The fourth-order valence-electron chi connectivity index (χ4n) is 1.58. The Morgan fingerprint density at radius 1 is 1.47 bits per heavy atom. The second-order valence-electron chi connectivity index (χ2n) is 4.30. The Morgan fingerprint density at radius 2 is 2.12 bits per heavy atom. The van der Waals surface area contributed by atoms with Gasteiger partial charge in [0.05, 0.1) is 6.10 Å². The Bertz CT molecular complexity index is 276. The monoisotopic (exact) mass is 255 g/mol. The van der Waals surface area contributed by atoms with Gasteiger partial charge < -0.3 is 9.84 Å². The number of carboxylic acids is 1. The van der Waals surface area contributed by atoms with Crippen molar-refractivity contribution < 1.29 is 27.8 Å². The van der Waals surface area contributed by atoms with Crippen molar-refractivity contribution in [1.82, 2.24) is 5.32 Å². The van der Waals surface area contributed by atoms with Crippen LogP contribution < -0.4 is 5.32 Å². The number of hydrogen-bond donors (Lipinski definition) is 2. The summed E-state index contributed by atoms with van der Waals surface area (Å²) >= 11 is 0. The zero-order chi connectivity index (χ0) is 13.1. The summed E-state index contributed by atoms with van der Waals surface area (Å²) in [5, 5.41) is 10.7. The first-order valence-electron chi connectivity index (χ1n) is 5.44. The topological polar surface area (TPSA) is 58.6 Å². The lowest BCUT2D eigenvalue weighted by Crippen LogP contribution is -2.61. The van der Waals surface area contributed by atoms with E-state index >= 15 is 0 Å². The van der Waals surface area contributed by atoms with Crippen molar-refractivity contribution in [3.8, 4) is 0 Å². The Morgan fingerprint density at radius 3 is 2.53 bits per heavy atom. The third kappa shape index (κ3) is 3.32. The molecule has 0 bridgehead atoms. The quantitative estimate of drug-likeness (QED) is 0.800. The van der Waals surface area contributed by atoms with Gasteiger partial charge in [0.15, 0.2) is 0 Å². The Balaban J connectivity index is 2.58. The number of rotatable bonds is 4. The minimum Gasteiger partial charge on any atom is -0.480 e. The maximum Gasteiger partial charge on any atom is 0.417 e. The normalized spacial score (nSPS) is 25.3. The van der Waals surface area contributed by atoms with Crippen LogP contribution in [0, 0.1) is 0 Å². The highest BCUT2D eigenvalue weighted by Gasteiger charge is 2.57. The predicted octanol–water partition coefficient (Wildman–Crippen LogP) is 1.55. The number of hydrogen-bond acceptors (Lipinski definition) is 3. The standard InChI is InChI=1S/C10H16F3NO3/c1-9(8(15)16,10(11,12)13)14-6-7-4-2-3-5-17-7/h7,14H,2-6H2,1H3,(H,15,16). The molecular formula is C10H16F3NO3. The lowest BCUT2D eigenvalue weighted by molar-refractivity contribution is -0.207. The molecule has 2 unspecified atom stereocenters. The molecule has 0 aromatic rings. The molecule has 0 saturated carbocycles. The summed E-state index contributed by atoms with van der Waals surface area (Å²) < 4.78 is 43.1. The first-order valence-corrected chi connectivity index (χ1v) is 5.44. The van der Waals surface area contributed by atoms with Gasteiger partial charge in [-0.25, -0.2) is 4.79 Å². The Kier molecular flexibility index (Phi) is 4.37. The molecule has 2 N–H and O–H groups in total. The van der Waals surface area contributed by atoms with Gasteiger partial charge in [-0.1, -0.05) is 0 Å². The van der Waals surface area contributed by atoms with E-state index in [9.17, 15) is 18.0 Å². The fourth-order valence-corrected chi connectivity index (χ4v) is 1.58. The van der Waals surface area contributed by atoms with E-state index in [2.05, 4.69) is 5.32 Å². The molecule has 0 aromatic heterocycles. The molecule has 1 rings (SSSR count). The largest absolute Gasteiger partial charge is 0.480 e. The van der Waals surface area contributed by atoms with Crippen molar-refractivity contribution in [2.24, 2.45) is 0 Å². The summed E-state index contributed by atoms with van der Waals surface area (Å²) in [7, 11) is 0. The van der Waals surface area contributed by atoms with Gasteiger partial charge in [-0.2, -0.15) is 13.2 Å². The lowest BCUT2D eigenvalue weighted by atomic mass is 10.0. The number of aliphatic carboxylic acids is 1. The molecule has 4 nitrogen and oxygen atoms in total. The van der Waals surface area contributed by atoms with Gasteiger partial charge in [0.2, 0.25) is 5.54 Å². The molecule has 0 aromatic carbocycles. The average Bonchev–Trinajstić information content (AvgIpc) is 2.25. The van der Waals surface area contributed by atoms with E-state index in [1.165, 1.54) is 0 Å². The smallest absolute Gasteiger partial charge is 0.417 e. The highest BCUT2D eigenvalue weighted by Crippen LogP contribution is 2.30. The zero-order valence-electron chi connectivity index (χ0n) is 9.51. The number of alkyl halides is 3. The molecule has 2 atom stereocenters. The molecule has 17 heavy (non-hydrogen) atoms. The van der Waals surface area contributed by atoms with Crippen LogP contribution in [0.2, 0.25) is 0 Å². The number of carboxylic acid groups (broad SMARTS) is 1. The minimum atomic E-state index is -4.84. The third-order valence-electron chi connectivity index (χ3n) is 2.95. The second kappa shape index (κ2) is 5.22. The molecule has 0 amide bonds. The molecule has 100 valence electrons. The first kappa shape index (κ1) is 14.2. The van der Waals surface area contributed by atoms with Crippen LogP contribution in [0.25, 0.3) is 0 Å². The van der Waals surface area contributed by atoms with Gasteiger partial charge in [0.1, 0.15) is 0 Å². The second-order valence-corrected chi connectivity index (χ2v) is 4.30. The Labute approximate surface area is 97.1 Å². The molecule has 7 heteroatoms. The summed E-state index contributed by atoms with van der Waals surface area (Å²) in [5.74, 6) is -1.93. The van der Waals surface area contributed by atoms with Crippen molar-refractivity contribution in [3.05, 3.63) is 0 Å². The minimum absolute atomic E-state index is 0.109. The number of halogens is 3. The summed E-state index contributed by atoms with van der Waals surface area (Å²) in [5.41, 5.74) is -2.92. The number of ether oxygens (including phenoxy) is 1. The molecule has 1 heterocycles. The van der Waals surface area contributed by atoms with Gasteiger partial charge in [-0.3, -0.25) is 5.32 Å². The Hall–Kier alpha value is -0.820. The predicted molar refractivity (Wildman–Crippen MR) is 53.7 cm³/mol. The average molecular weight is 255 g/mol. The van der Waals surface area contributed by atoms with Crippen LogP contribution in [0.4, 0.5) is 13.2 Å². The fraction of sp³-hybridized carbons (Fsp3) is 0.900.